The van der Waals surface area contributed by atoms with Gasteiger partial charge in [-0.3, -0.25) is 0 Å². The fourth-order valence-electron chi connectivity index (χ4n) is 2.88. The zero-order valence-corrected chi connectivity index (χ0v) is 14.5. The van der Waals surface area contributed by atoms with E-state index in [1.165, 1.54) is 5.17 Å². The third-order valence-electron chi connectivity index (χ3n) is 3.77. The molecule has 2 aliphatic rings. The second-order valence-electron chi connectivity index (χ2n) is 5.02. The first kappa shape index (κ1) is 15.1. The number of amidine groups is 1. The van der Waals surface area contributed by atoms with Crippen molar-refractivity contribution in [3.8, 4) is 0 Å². The quantitative estimate of drug-likeness (QED) is 0.711. The Kier molecular flexibility index (Phi) is 4.14. The van der Waals surface area contributed by atoms with Gasteiger partial charge in [0.1, 0.15) is 5.69 Å². The second-order valence-corrected chi connectivity index (χ2v) is 7.03. The van der Waals surface area contributed by atoms with Gasteiger partial charge in [0.15, 0.2) is 6.54 Å². The summed E-state index contributed by atoms with van der Waals surface area (Å²) < 4.78 is 2.29. The van der Waals surface area contributed by atoms with Crippen LogP contribution in [-0.4, -0.2) is 33.7 Å². The van der Waals surface area contributed by atoms with Gasteiger partial charge in [-0.2, -0.15) is 4.90 Å². The summed E-state index contributed by atoms with van der Waals surface area (Å²) in [5.74, 6) is 1.10. The maximum Gasteiger partial charge on any atom is 0.316 e. The predicted octanol–water partition coefficient (Wildman–Crippen LogP) is -0.467. The smallest absolute Gasteiger partial charge is 0.316 e. The van der Waals surface area contributed by atoms with Crippen LogP contribution in [-0.2, 0) is 5.72 Å². The normalized spacial score (nSPS) is 24.1. The first-order valence-corrected chi connectivity index (χ1v) is 8.52. The van der Waals surface area contributed by atoms with Crippen LogP contribution >= 0.6 is 23.1 Å². The van der Waals surface area contributed by atoms with Gasteiger partial charge in [-0.25, -0.2) is 4.58 Å². The first-order valence-electron chi connectivity index (χ1n) is 6.65. The Morgan fingerprint density at radius 2 is 1.95 bits per heavy atom. The van der Waals surface area contributed by atoms with E-state index < -0.39 is 5.72 Å². The Balaban J connectivity index is 0.00000132. The molecule has 1 N–H and O–H groups in total. The number of para-hydroxylation sites is 1. The Morgan fingerprint density at radius 1 is 1.14 bits per heavy atom. The number of benzene rings is 1. The summed E-state index contributed by atoms with van der Waals surface area (Å²) >= 11 is 3.44. The topological polar surface area (TPSA) is 26.5 Å². The summed E-state index contributed by atoms with van der Waals surface area (Å²) in [5.41, 5.74) is 0.105. The lowest BCUT2D eigenvalue weighted by Gasteiger charge is -2.27. The van der Waals surface area contributed by atoms with E-state index in [1.54, 1.807) is 11.3 Å². The summed E-state index contributed by atoms with van der Waals surface area (Å²) in [4.78, 5) is 3.10. The fourth-order valence-corrected chi connectivity index (χ4v) is 4.90. The van der Waals surface area contributed by atoms with Crippen molar-refractivity contribution in [1.29, 1.82) is 0 Å². The molecule has 0 aliphatic carbocycles. The molecular formula is C15H15BrN2OS2. The maximum atomic E-state index is 11.3. The van der Waals surface area contributed by atoms with Gasteiger partial charge >= 0.3 is 5.17 Å². The average Bonchev–Trinajstić information content (AvgIpc) is 3.14. The van der Waals surface area contributed by atoms with E-state index in [0.29, 0.717) is 6.54 Å². The van der Waals surface area contributed by atoms with Crippen molar-refractivity contribution >= 4 is 34.0 Å². The Bertz CT molecular complexity index is 660. The summed E-state index contributed by atoms with van der Waals surface area (Å²) in [6.45, 7) is 1.65. The average molecular weight is 383 g/mol. The number of nitrogens with zero attached hydrogens (tertiary/aromatic N) is 2. The monoisotopic (exact) mass is 382 g/mol. The van der Waals surface area contributed by atoms with Crippen molar-refractivity contribution in [3.63, 3.8) is 0 Å². The molecule has 1 aromatic heterocycles. The molecule has 3 heterocycles. The highest BCUT2D eigenvalue weighted by Gasteiger charge is 2.56. The summed E-state index contributed by atoms with van der Waals surface area (Å²) in [6, 6.07) is 14.2. The molecule has 21 heavy (non-hydrogen) atoms. The minimum absolute atomic E-state index is 0. The van der Waals surface area contributed by atoms with Gasteiger partial charge in [-0.1, -0.05) is 24.3 Å². The largest absolute Gasteiger partial charge is 1.00 e. The molecule has 110 valence electrons. The number of hydrogen-bond donors (Lipinski definition) is 1. The van der Waals surface area contributed by atoms with E-state index in [2.05, 4.69) is 21.6 Å². The molecule has 2 aromatic rings. The third kappa shape index (κ3) is 2.34. The van der Waals surface area contributed by atoms with Gasteiger partial charge in [-0.05, 0) is 35.3 Å². The molecule has 0 amide bonds. The van der Waals surface area contributed by atoms with Crippen molar-refractivity contribution in [3.05, 3.63) is 52.7 Å². The zero-order valence-electron chi connectivity index (χ0n) is 11.3. The molecule has 1 atom stereocenters. The van der Waals surface area contributed by atoms with E-state index in [1.807, 2.05) is 47.5 Å². The molecule has 0 bridgehead atoms. The van der Waals surface area contributed by atoms with Crippen LogP contribution in [0.1, 0.15) is 4.88 Å². The third-order valence-corrected chi connectivity index (χ3v) is 5.86. The van der Waals surface area contributed by atoms with Gasteiger partial charge in [0, 0.05) is 5.75 Å². The van der Waals surface area contributed by atoms with Crippen molar-refractivity contribution in [2.24, 2.45) is 0 Å². The van der Waals surface area contributed by atoms with Crippen molar-refractivity contribution in [1.82, 2.24) is 0 Å². The van der Waals surface area contributed by atoms with Crippen LogP contribution in [0.3, 0.4) is 0 Å². The predicted molar refractivity (Wildman–Crippen MR) is 84.6 cm³/mol. The van der Waals surface area contributed by atoms with E-state index in [4.69, 9.17) is 0 Å². The van der Waals surface area contributed by atoms with E-state index in [0.717, 1.165) is 22.9 Å². The van der Waals surface area contributed by atoms with Crippen LogP contribution < -0.4 is 21.9 Å². The van der Waals surface area contributed by atoms with E-state index >= 15 is 0 Å². The number of thiophene rings is 1. The summed E-state index contributed by atoms with van der Waals surface area (Å²) in [7, 11) is 0. The maximum absolute atomic E-state index is 11.3. The number of anilines is 1. The Morgan fingerprint density at radius 3 is 2.67 bits per heavy atom. The molecule has 0 spiro atoms. The standard InChI is InChI=1S/C15H15N2OS2.BrH/c18-15(13-7-4-9-19-13)11-16-8-10-20-14(16)17(15)12-5-2-1-3-6-12;/h1-7,9,18H,8,10-11H2;1H/q+1;/p-1. The van der Waals surface area contributed by atoms with Gasteiger partial charge in [-0.15, -0.1) is 11.3 Å². The molecule has 4 rings (SSSR count). The van der Waals surface area contributed by atoms with Gasteiger partial charge in [0.2, 0.25) is 0 Å². The van der Waals surface area contributed by atoms with Gasteiger partial charge < -0.3 is 22.1 Å². The van der Waals surface area contributed by atoms with Gasteiger partial charge in [0.25, 0.3) is 5.72 Å². The number of aliphatic hydroxyl groups is 1. The Hall–Kier alpha value is -0.820. The van der Waals surface area contributed by atoms with Crippen LogP contribution in [0, 0.1) is 0 Å². The number of rotatable bonds is 2. The van der Waals surface area contributed by atoms with Crippen molar-refractivity contribution < 1.29 is 26.7 Å². The molecule has 3 nitrogen and oxygen atoms in total. The van der Waals surface area contributed by atoms with Crippen LogP contribution in [0.4, 0.5) is 5.69 Å². The van der Waals surface area contributed by atoms with Crippen LogP contribution in [0.2, 0.25) is 0 Å². The molecule has 0 saturated heterocycles. The highest BCUT2D eigenvalue weighted by atomic mass is 79.9. The number of thioether (sulfide) groups is 1. The molecule has 0 fully saturated rings. The highest BCUT2D eigenvalue weighted by molar-refractivity contribution is 8.14. The molecule has 1 aromatic carbocycles. The second kappa shape index (κ2) is 5.76. The lowest BCUT2D eigenvalue weighted by molar-refractivity contribution is -0.524. The molecule has 1 unspecified atom stereocenters. The first-order chi connectivity index (χ1) is 9.79. The zero-order chi connectivity index (χ0) is 13.6. The molecule has 6 heteroatoms. The molecule has 2 aliphatic heterocycles. The van der Waals surface area contributed by atoms with Crippen LogP contribution in [0.25, 0.3) is 0 Å². The fraction of sp³-hybridized carbons (Fsp3) is 0.267. The highest BCUT2D eigenvalue weighted by Crippen LogP contribution is 2.41. The van der Waals surface area contributed by atoms with E-state index in [-0.39, 0.29) is 17.0 Å². The number of halogens is 1. The van der Waals surface area contributed by atoms with Crippen LogP contribution in [0.15, 0.2) is 47.8 Å². The lowest BCUT2D eigenvalue weighted by atomic mass is 10.1. The molecular weight excluding hydrogens is 368 g/mol. The minimum atomic E-state index is -0.946. The summed E-state index contributed by atoms with van der Waals surface area (Å²) in [6.07, 6.45) is 0. The van der Waals surface area contributed by atoms with Crippen LogP contribution in [0.5, 0.6) is 0 Å². The van der Waals surface area contributed by atoms with E-state index in [9.17, 15) is 5.11 Å². The minimum Gasteiger partial charge on any atom is -1.00 e. The Labute approximate surface area is 142 Å². The lowest BCUT2D eigenvalue weighted by Crippen LogP contribution is -3.00. The van der Waals surface area contributed by atoms with Gasteiger partial charge in [0.05, 0.1) is 11.4 Å². The SMILES string of the molecule is OC1(c2cccs2)C[N+]2=C(SCC2)N1c1ccccc1.[Br-]. The number of hydrogen-bond acceptors (Lipinski definition) is 4. The summed E-state index contributed by atoms with van der Waals surface area (Å²) in [5, 5.41) is 14.5. The van der Waals surface area contributed by atoms with Crippen molar-refractivity contribution in [2.75, 3.05) is 23.7 Å². The molecule has 0 radical (unpaired) electrons. The molecule has 0 saturated carbocycles. The van der Waals surface area contributed by atoms with Crippen molar-refractivity contribution in [2.45, 2.75) is 5.72 Å².